The highest BCUT2D eigenvalue weighted by Crippen LogP contribution is 2.29. The summed E-state index contributed by atoms with van der Waals surface area (Å²) >= 11 is 1.41. The Bertz CT molecular complexity index is 1300. The highest BCUT2D eigenvalue weighted by atomic mass is 32.2. The van der Waals surface area contributed by atoms with Crippen molar-refractivity contribution in [3.8, 4) is 11.5 Å². The van der Waals surface area contributed by atoms with E-state index in [-0.39, 0.29) is 5.76 Å². The molecule has 1 N–H and O–H groups in total. The molecule has 0 bridgehead atoms. The quantitative estimate of drug-likeness (QED) is 0.466. The monoisotopic (exact) mass is 378 g/mol. The molecule has 0 spiro atoms. The van der Waals surface area contributed by atoms with Gasteiger partial charge in [0.15, 0.2) is 5.58 Å². The molecule has 0 fully saturated rings. The van der Waals surface area contributed by atoms with Crippen molar-refractivity contribution in [3.63, 3.8) is 0 Å². The van der Waals surface area contributed by atoms with E-state index in [0.717, 1.165) is 22.0 Å². The molecule has 2 aromatic carbocycles. The van der Waals surface area contributed by atoms with E-state index in [9.17, 15) is 4.79 Å². The van der Waals surface area contributed by atoms with Crippen LogP contribution in [-0.2, 0) is 6.54 Å². The molecule has 0 aliphatic rings. The maximum absolute atomic E-state index is 12.0. The molecule has 7 nitrogen and oxygen atoms in total. The Balaban J connectivity index is 1.33. The van der Waals surface area contributed by atoms with Crippen LogP contribution in [0, 0.1) is 0 Å². The zero-order valence-electron chi connectivity index (χ0n) is 14.1. The predicted molar refractivity (Wildman–Crippen MR) is 103 cm³/mol. The number of nitrogens with one attached hydrogen (secondary N) is 1. The lowest BCUT2D eigenvalue weighted by Gasteiger charge is -1.99. The van der Waals surface area contributed by atoms with E-state index in [1.807, 2.05) is 48.7 Å². The van der Waals surface area contributed by atoms with Crippen molar-refractivity contribution < 1.29 is 8.83 Å². The third-order valence-electron chi connectivity index (χ3n) is 4.34. The van der Waals surface area contributed by atoms with Crippen molar-refractivity contribution in [1.82, 2.24) is 19.7 Å². The Labute approximate surface area is 157 Å². The van der Waals surface area contributed by atoms with Gasteiger partial charge in [0.05, 0.1) is 11.1 Å². The van der Waals surface area contributed by atoms with Gasteiger partial charge in [-0.1, -0.05) is 42.1 Å². The van der Waals surface area contributed by atoms with Gasteiger partial charge in [-0.05, 0) is 18.2 Å². The fraction of sp³-hybridized carbons (Fsp3) is 0.105. The molecular formula is C19H14N4O3S. The van der Waals surface area contributed by atoms with Gasteiger partial charge in [0.25, 0.3) is 11.1 Å². The van der Waals surface area contributed by atoms with Gasteiger partial charge in [-0.3, -0.25) is 4.57 Å². The van der Waals surface area contributed by atoms with E-state index in [0.29, 0.717) is 29.0 Å². The average Bonchev–Trinajstić information content (AvgIpc) is 3.39. The smallest absolute Gasteiger partial charge is 0.411 e. The van der Waals surface area contributed by atoms with Crippen molar-refractivity contribution >= 4 is 33.8 Å². The number of benzene rings is 2. The second kappa shape index (κ2) is 6.48. The molecule has 0 saturated heterocycles. The molecule has 0 unspecified atom stereocenters. The van der Waals surface area contributed by atoms with Crippen LogP contribution in [0.3, 0.4) is 0 Å². The van der Waals surface area contributed by atoms with Crippen molar-refractivity contribution in [1.29, 1.82) is 0 Å². The first kappa shape index (κ1) is 16.0. The lowest BCUT2D eigenvalue weighted by molar-refractivity contribution is 0.465. The Morgan fingerprint density at radius 2 is 1.89 bits per heavy atom. The number of H-pyrrole nitrogens is 1. The first-order chi connectivity index (χ1) is 13.3. The maximum Gasteiger partial charge on any atom is 0.419 e. The third kappa shape index (κ3) is 2.83. The molecule has 0 saturated carbocycles. The van der Waals surface area contributed by atoms with Crippen LogP contribution < -0.4 is 5.76 Å². The van der Waals surface area contributed by atoms with Gasteiger partial charge in [-0.15, -0.1) is 10.2 Å². The van der Waals surface area contributed by atoms with Crippen molar-refractivity contribution in [2.45, 2.75) is 11.8 Å². The van der Waals surface area contributed by atoms with E-state index < -0.39 is 0 Å². The molecule has 0 atom stereocenters. The minimum atomic E-state index is -0.359. The number of nitrogens with zero attached hydrogens (tertiary/aromatic N) is 3. The van der Waals surface area contributed by atoms with Gasteiger partial charge in [0, 0.05) is 29.4 Å². The Kier molecular flexibility index (Phi) is 3.83. The number of hydrogen-bond acceptors (Lipinski definition) is 6. The fourth-order valence-electron chi connectivity index (χ4n) is 3.08. The topological polar surface area (TPSA) is 89.9 Å². The summed E-state index contributed by atoms with van der Waals surface area (Å²) in [5, 5.41) is 9.76. The van der Waals surface area contributed by atoms with Crippen LogP contribution >= 0.6 is 11.8 Å². The molecule has 3 aromatic heterocycles. The molecule has 134 valence electrons. The Morgan fingerprint density at radius 3 is 2.85 bits per heavy atom. The zero-order chi connectivity index (χ0) is 18.2. The lowest BCUT2D eigenvalue weighted by atomic mass is 10.2. The van der Waals surface area contributed by atoms with Crippen LogP contribution in [0.25, 0.3) is 33.5 Å². The summed E-state index contributed by atoms with van der Waals surface area (Å²) in [6, 6.07) is 15.3. The maximum atomic E-state index is 12.0. The molecule has 27 heavy (non-hydrogen) atoms. The minimum absolute atomic E-state index is 0.359. The minimum Gasteiger partial charge on any atom is -0.411 e. The number of aromatic amines is 1. The van der Waals surface area contributed by atoms with E-state index in [2.05, 4.69) is 15.2 Å². The summed E-state index contributed by atoms with van der Waals surface area (Å²) in [5.41, 5.74) is 3.27. The first-order valence-corrected chi connectivity index (χ1v) is 9.39. The van der Waals surface area contributed by atoms with Crippen molar-refractivity contribution in [2.75, 3.05) is 5.75 Å². The summed E-state index contributed by atoms with van der Waals surface area (Å²) in [4.78, 5) is 15.2. The van der Waals surface area contributed by atoms with E-state index in [4.69, 9.17) is 8.83 Å². The average molecular weight is 378 g/mol. The van der Waals surface area contributed by atoms with Gasteiger partial charge in [0.1, 0.15) is 0 Å². The summed E-state index contributed by atoms with van der Waals surface area (Å²) < 4.78 is 12.6. The highest BCUT2D eigenvalue weighted by Gasteiger charge is 2.14. The number of hydrogen-bond donors (Lipinski definition) is 1. The van der Waals surface area contributed by atoms with Gasteiger partial charge < -0.3 is 13.8 Å². The number of thioether (sulfide) groups is 1. The molecule has 8 heteroatoms. The number of oxazole rings is 1. The van der Waals surface area contributed by atoms with Gasteiger partial charge in [-0.2, -0.15) is 0 Å². The molecule has 5 aromatic rings. The molecule has 5 rings (SSSR count). The first-order valence-electron chi connectivity index (χ1n) is 8.41. The predicted octanol–water partition coefficient (Wildman–Crippen LogP) is 3.92. The molecule has 0 radical (unpaired) electrons. The standard InChI is InChI=1S/C19H14N4O3S/c24-19-23(15-7-3-4-8-16(15)25-19)9-10-27-18-22-21-17(26-18)13-11-20-14-6-2-1-5-12(13)14/h1-8,11,20H,9-10H2. The van der Waals surface area contributed by atoms with Crippen LogP contribution in [0.5, 0.6) is 0 Å². The Morgan fingerprint density at radius 1 is 1.04 bits per heavy atom. The van der Waals surface area contributed by atoms with Crippen LogP contribution in [0.15, 0.2) is 73.6 Å². The second-order valence-electron chi connectivity index (χ2n) is 5.96. The normalized spacial score (nSPS) is 11.6. The number of rotatable bonds is 5. The largest absolute Gasteiger partial charge is 0.419 e. The van der Waals surface area contributed by atoms with Crippen LogP contribution in [0.2, 0.25) is 0 Å². The number of para-hydroxylation sites is 3. The van der Waals surface area contributed by atoms with Crippen molar-refractivity contribution in [2.24, 2.45) is 0 Å². The van der Waals surface area contributed by atoms with Gasteiger partial charge >= 0.3 is 5.76 Å². The Hall–Kier alpha value is -3.26. The second-order valence-corrected chi connectivity index (χ2v) is 7.00. The highest BCUT2D eigenvalue weighted by molar-refractivity contribution is 7.99. The van der Waals surface area contributed by atoms with E-state index >= 15 is 0 Å². The summed E-state index contributed by atoms with van der Waals surface area (Å²) in [6.07, 6.45) is 1.86. The van der Waals surface area contributed by atoms with Gasteiger partial charge in [0.2, 0.25) is 0 Å². The van der Waals surface area contributed by atoms with E-state index in [1.165, 1.54) is 11.8 Å². The van der Waals surface area contributed by atoms with Crippen molar-refractivity contribution in [3.05, 3.63) is 65.3 Å². The molecule has 0 amide bonds. The lowest BCUT2D eigenvalue weighted by Crippen LogP contribution is -2.15. The summed E-state index contributed by atoms with van der Waals surface area (Å²) in [7, 11) is 0. The third-order valence-corrected chi connectivity index (χ3v) is 5.14. The molecular weight excluding hydrogens is 364 g/mol. The fourth-order valence-corrected chi connectivity index (χ4v) is 3.76. The molecule has 0 aliphatic heterocycles. The summed E-state index contributed by atoms with van der Waals surface area (Å²) in [5.74, 6) is 0.724. The van der Waals surface area contributed by atoms with Crippen LogP contribution in [0.4, 0.5) is 0 Å². The summed E-state index contributed by atoms with van der Waals surface area (Å²) in [6.45, 7) is 0.491. The molecule has 0 aliphatic carbocycles. The van der Waals surface area contributed by atoms with Crippen LogP contribution in [0.1, 0.15) is 0 Å². The zero-order valence-corrected chi connectivity index (χ0v) is 14.9. The number of fused-ring (bicyclic) bond motifs is 2. The SMILES string of the molecule is O=c1oc2ccccc2n1CCSc1nnc(-c2c[nH]c3ccccc23)o1. The van der Waals surface area contributed by atoms with E-state index in [1.54, 1.807) is 10.6 Å². The molecule has 3 heterocycles. The number of aryl methyl sites for hydroxylation is 1. The van der Waals surface area contributed by atoms with Gasteiger partial charge in [-0.25, -0.2) is 4.79 Å². The van der Waals surface area contributed by atoms with Crippen LogP contribution in [-0.4, -0.2) is 25.5 Å². The number of aromatic nitrogens is 4.